The second-order valence-electron chi connectivity index (χ2n) is 12.9. The van der Waals surface area contributed by atoms with E-state index in [-0.39, 0.29) is 0 Å². The maximum Gasteiger partial charge on any atom is 0.0467 e. The van der Waals surface area contributed by atoms with Gasteiger partial charge in [0.15, 0.2) is 0 Å². The van der Waals surface area contributed by atoms with E-state index >= 15 is 0 Å². The third-order valence-corrected chi connectivity index (χ3v) is 9.40. The van der Waals surface area contributed by atoms with Gasteiger partial charge in [-0.05, 0) is 129 Å². The highest BCUT2D eigenvalue weighted by atomic mass is 15.2. The van der Waals surface area contributed by atoms with Gasteiger partial charge in [-0.2, -0.15) is 0 Å². The average Bonchev–Trinajstić information content (AvgIpc) is 2.81. The molecule has 2 aliphatic heterocycles. The highest BCUT2D eigenvalue weighted by Gasteiger charge is 2.27. The molecule has 2 heterocycles. The Balaban J connectivity index is 1.37. The van der Waals surface area contributed by atoms with Crippen molar-refractivity contribution in [2.75, 3.05) is 22.9 Å². The molecule has 206 valence electrons. The molecule has 2 atom stereocenters. The minimum absolute atomic E-state index is 0.753. The van der Waals surface area contributed by atoms with Gasteiger partial charge in [-0.15, -0.1) is 0 Å². The van der Waals surface area contributed by atoms with Crippen molar-refractivity contribution in [2.45, 2.75) is 108 Å². The summed E-state index contributed by atoms with van der Waals surface area (Å²) in [5.41, 5.74) is 17.4. The minimum atomic E-state index is 0.753. The summed E-state index contributed by atoms with van der Waals surface area (Å²) in [5, 5.41) is 0. The van der Waals surface area contributed by atoms with Gasteiger partial charge in [0.1, 0.15) is 0 Å². The number of aryl methyl sites for hydroxylation is 6. The van der Waals surface area contributed by atoms with Gasteiger partial charge in [0.25, 0.3) is 0 Å². The number of benzene rings is 2. The van der Waals surface area contributed by atoms with Crippen LogP contribution in [-0.2, 0) is 0 Å². The van der Waals surface area contributed by atoms with E-state index < -0.39 is 0 Å². The van der Waals surface area contributed by atoms with Gasteiger partial charge in [-0.1, -0.05) is 59.4 Å². The molecular formula is C36H52N2. The largest absolute Gasteiger partial charge is 0.345 e. The number of anilines is 2. The van der Waals surface area contributed by atoms with E-state index in [0.717, 1.165) is 24.9 Å². The molecule has 2 aliphatic rings. The fourth-order valence-corrected chi connectivity index (χ4v) is 7.51. The summed E-state index contributed by atoms with van der Waals surface area (Å²) < 4.78 is 0. The molecule has 0 N–H and O–H groups in total. The Kier molecular flexibility index (Phi) is 8.80. The predicted octanol–water partition coefficient (Wildman–Crippen LogP) is 10.0. The van der Waals surface area contributed by atoms with E-state index in [1.165, 1.54) is 94.7 Å². The zero-order valence-corrected chi connectivity index (χ0v) is 26.0. The van der Waals surface area contributed by atoms with Crippen LogP contribution in [0.4, 0.5) is 11.4 Å². The lowest BCUT2D eigenvalue weighted by molar-refractivity contribution is 0.399. The summed E-state index contributed by atoms with van der Waals surface area (Å²) in [4.78, 5) is 5.27. The zero-order valence-electron chi connectivity index (χ0n) is 26.0. The minimum Gasteiger partial charge on any atom is -0.345 e. The molecule has 0 saturated heterocycles. The van der Waals surface area contributed by atoms with Gasteiger partial charge in [-0.25, -0.2) is 0 Å². The van der Waals surface area contributed by atoms with E-state index in [9.17, 15) is 0 Å². The average molecular weight is 513 g/mol. The summed E-state index contributed by atoms with van der Waals surface area (Å²) in [7, 11) is 0. The molecule has 2 heteroatoms. The summed E-state index contributed by atoms with van der Waals surface area (Å²) in [6.07, 6.45) is 7.89. The van der Waals surface area contributed by atoms with E-state index in [4.69, 9.17) is 0 Å². The van der Waals surface area contributed by atoms with Crippen LogP contribution in [-0.4, -0.2) is 13.1 Å². The van der Waals surface area contributed by atoms with Crippen LogP contribution in [0.2, 0.25) is 0 Å². The van der Waals surface area contributed by atoms with Gasteiger partial charge in [0, 0.05) is 35.9 Å². The van der Waals surface area contributed by atoms with Crippen LogP contribution in [0.15, 0.2) is 46.8 Å². The Morgan fingerprint density at radius 3 is 1.16 bits per heavy atom. The molecular weight excluding hydrogens is 460 g/mol. The molecule has 2 nitrogen and oxygen atoms in total. The molecule has 0 radical (unpaired) electrons. The lowest BCUT2D eigenvalue weighted by atomic mass is 9.85. The van der Waals surface area contributed by atoms with Crippen molar-refractivity contribution in [2.24, 2.45) is 11.8 Å². The van der Waals surface area contributed by atoms with Crippen molar-refractivity contribution < 1.29 is 0 Å². The molecule has 2 aromatic carbocycles. The molecule has 2 aromatic rings. The molecule has 0 saturated carbocycles. The Morgan fingerprint density at radius 1 is 0.526 bits per heavy atom. The first-order valence-corrected chi connectivity index (χ1v) is 15.0. The predicted molar refractivity (Wildman–Crippen MR) is 167 cm³/mol. The third kappa shape index (κ3) is 6.05. The smallest absolute Gasteiger partial charge is 0.0467 e. The van der Waals surface area contributed by atoms with Crippen molar-refractivity contribution in [3.05, 3.63) is 80.2 Å². The monoisotopic (exact) mass is 512 g/mol. The van der Waals surface area contributed by atoms with Gasteiger partial charge >= 0.3 is 0 Å². The fourth-order valence-electron chi connectivity index (χ4n) is 7.51. The number of rotatable bonds is 7. The van der Waals surface area contributed by atoms with Crippen LogP contribution >= 0.6 is 0 Å². The number of allylic oxidation sites excluding steroid dienone is 4. The lowest BCUT2D eigenvalue weighted by Crippen LogP contribution is -2.34. The Labute approximate surface area is 233 Å². The molecule has 0 aromatic heterocycles. The summed E-state index contributed by atoms with van der Waals surface area (Å²) in [6.45, 7) is 25.3. The quantitative estimate of drug-likeness (QED) is 0.340. The number of hydrogen-bond acceptors (Lipinski definition) is 2. The van der Waals surface area contributed by atoms with Gasteiger partial charge in [-0.3, -0.25) is 0 Å². The van der Waals surface area contributed by atoms with Gasteiger partial charge in [0.2, 0.25) is 0 Å². The Hall–Kier alpha value is -2.48. The van der Waals surface area contributed by atoms with Crippen LogP contribution in [0.3, 0.4) is 0 Å². The molecule has 0 fully saturated rings. The number of nitrogens with zero attached hydrogens (tertiary/aromatic N) is 2. The Bertz CT molecular complexity index is 1100. The maximum absolute atomic E-state index is 2.63. The standard InChI is InChI=1S/C36H52N2/c1-23-15-27(5)35(28(6)16-23)37-21-33(19-25(3)31(37)9)13-11-12-14-34-20-26(4)32(10)38(22-34)36-29(7)17-24(2)18-30(36)8/h15-18,33-34H,11-14,19-22H2,1-10H3. The van der Waals surface area contributed by atoms with Crippen LogP contribution < -0.4 is 9.80 Å². The highest BCUT2D eigenvalue weighted by Crippen LogP contribution is 2.39. The fraction of sp³-hybridized carbons (Fsp3) is 0.556. The topological polar surface area (TPSA) is 6.48 Å². The van der Waals surface area contributed by atoms with Crippen molar-refractivity contribution >= 4 is 11.4 Å². The Morgan fingerprint density at radius 2 is 0.842 bits per heavy atom. The van der Waals surface area contributed by atoms with Crippen molar-refractivity contribution in [1.29, 1.82) is 0 Å². The first-order chi connectivity index (χ1) is 18.0. The second kappa shape index (κ2) is 11.7. The number of unbranched alkanes of at least 4 members (excludes halogenated alkanes) is 1. The normalized spacial score (nSPS) is 20.6. The van der Waals surface area contributed by atoms with E-state index in [0.29, 0.717) is 0 Å². The first-order valence-electron chi connectivity index (χ1n) is 15.0. The van der Waals surface area contributed by atoms with Gasteiger partial charge < -0.3 is 9.80 Å². The third-order valence-electron chi connectivity index (χ3n) is 9.40. The maximum atomic E-state index is 2.63. The number of hydrogen-bond donors (Lipinski definition) is 0. The first kappa shape index (κ1) is 28.5. The lowest BCUT2D eigenvalue weighted by Gasteiger charge is -2.39. The van der Waals surface area contributed by atoms with Crippen molar-refractivity contribution in [3.8, 4) is 0 Å². The SMILES string of the molecule is CC1=C(C)N(c2c(C)cc(C)cc2C)CC(CCCCC2CC(C)=C(C)N(c3c(C)cc(C)cc3C)C2)C1. The van der Waals surface area contributed by atoms with E-state index in [2.05, 4.69) is 103 Å². The van der Waals surface area contributed by atoms with Crippen molar-refractivity contribution in [1.82, 2.24) is 0 Å². The second-order valence-corrected chi connectivity index (χ2v) is 12.9. The van der Waals surface area contributed by atoms with E-state index in [1.807, 2.05) is 0 Å². The summed E-state index contributed by atoms with van der Waals surface area (Å²) >= 11 is 0. The zero-order chi connectivity index (χ0) is 27.7. The van der Waals surface area contributed by atoms with Crippen LogP contribution in [0.1, 0.15) is 99.6 Å². The molecule has 4 rings (SSSR count). The van der Waals surface area contributed by atoms with Gasteiger partial charge in [0.05, 0.1) is 0 Å². The van der Waals surface area contributed by atoms with E-state index in [1.54, 1.807) is 11.1 Å². The molecule has 0 amide bonds. The summed E-state index contributed by atoms with van der Waals surface area (Å²) in [6, 6.07) is 9.39. The molecule has 0 aliphatic carbocycles. The molecule has 2 unspecified atom stereocenters. The van der Waals surface area contributed by atoms with Crippen molar-refractivity contribution in [3.63, 3.8) is 0 Å². The van der Waals surface area contributed by atoms with Crippen LogP contribution in [0.5, 0.6) is 0 Å². The molecule has 0 spiro atoms. The summed E-state index contributed by atoms with van der Waals surface area (Å²) in [5.74, 6) is 1.51. The molecule has 0 bridgehead atoms. The van der Waals surface area contributed by atoms with Crippen LogP contribution in [0.25, 0.3) is 0 Å². The molecule has 38 heavy (non-hydrogen) atoms. The highest BCUT2D eigenvalue weighted by molar-refractivity contribution is 5.65. The van der Waals surface area contributed by atoms with Crippen LogP contribution in [0, 0.1) is 53.4 Å².